The number of amides is 1. The lowest BCUT2D eigenvalue weighted by Gasteiger charge is -2.23. The molecular weight excluding hydrogens is 226 g/mol. The maximum atomic E-state index is 12.0. The van der Waals surface area contributed by atoms with Crippen molar-refractivity contribution >= 4 is 5.91 Å². The number of allylic oxidation sites excluding steroid dienone is 1. The average molecular weight is 247 g/mol. The zero-order chi connectivity index (χ0) is 13.7. The molecule has 0 heterocycles. The third-order valence-corrected chi connectivity index (χ3v) is 3.10. The van der Waals surface area contributed by atoms with Crippen molar-refractivity contribution in [2.75, 3.05) is 21.2 Å². The molecule has 0 unspecified atom stereocenters. The largest absolute Gasteiger partial charge is 0.497 e. The summed E-state index contributed by atoms with van der Waals surface area (Å²) in [6.07, 6.45) is 1.82. The number of ether oxygens (including phenoxy) is 1. The summed E-state index contributed by atoms with van der Waals surface area (Å²) in [6, 6.07) is 7.76. The van der Waals surface area contributed by atoms with Crippen molar-refractivity contribution in [3.63, 3.8) is 0 Å². The van der Waals surface area contributed by atoms with Gasteiger partial charge in [0.2, 0.25) is 5.91 Å². The molecule has 0 N–H and O–H groups in total. The van der Waals surface area contributed by atoms with Crippen LogP contribution < -0.4 is 4.74 Å². The molecule has 3 nitrogen and oxygen atoms in total. The van der Waals surface area contributed by atoms with Crippen molar-refractivity contribution in [3.05, 3.63) is 42.5 Å². The van der Waals surface area contributed by atoms with Gasteiger partial charge in [-0.25, -0.2) is 0 Å². The molecule has 0 aromatic heterocycles. The van der Waals surface area contributed by atoms with Crippen LogP contribution in [0, 0.1) is 5.92 Å². The van der Waals surface area contributed by atoms with Crippen LogP contribution in [-0.2, 0) is 4.79 Å². The third-order valence-electron chi connectivity index (χ3n) is 3.10. The molecule has 0 spiro atoms. The zero-order valence-corrected chi connectivity index (χ0v) is 11.5. The van der Waals surface area contributed by atoms with E-state index in [1.54, 1.807) is 26.1 Å². The number of carbonyl (C=O) groups is 1. The van der Waals surface area contributed by atoms with E-state index in [2.05, 4.69) is 6.58 Å². The Kier molecular flexibility index (Phi) is 4.95. The fourth-order valence-corrected chi connectivity index (χ4v) is 2.04. The Labute approximate surface area is 109 Å². The Morgan fingerprint density at radius 1 is 1.44 bits per heavy atom. The lowest BCUT2D eigenvalue weighted by Crippen LogP contribution is -2.31. The molecule has 0 fully saturated rings. The fourth-order valence-electron chi connectivity index (χ4n) is 2.04. The second-order valence-electron chi connectivity index (χ2n) is 4.56. The summed E-state index contributed by atoms with van der Waals surface area (Å²) in [5, 5.41) is 0. The van der Waals surface area contributed by atoms with Gasteiger partial charge in [-0.2, -0.15) is 0 Å². The Morgan fingerprint density at radius 2 is 2.11 bits per heavy atom. The lowest BCUT2D eigenvalue weighted by atomic mass is 9.86. The molecule has 1 rings (SSSR count). The van der Waals surface area contributed by atoms with Crippen LogP contribution in [0.2, 0.25) is 0 Å². The molecule has 3 heteroatoms. The Morgan fingerprint density at radius 3 is 2.61 bits per heavy atom. The van der Waals surface area contributed by atoms with Gasteiger partial charge in [-0.05, 0) is 17.7 Å². The molecule has 0 aliphatic rings. The minimum atomic E-state index is -0.135. The fraction of sp³-hybridized carbons (Fsp3) is 0.400. The van der Waals surface area contributed by atoms with Gasteiger partial charge in [-0.3, -0.25) is 4.79 Å². The van der Waals surface area contributed by atoms with Gasteiger partial charge in [-0.15, -0.1) is 6.58 Å². The van der Waals surface area contributed by atoms with Crippen LogP contribution in [0.1, 0.15) is 18.4 Å². The summed E-state index contributed by atoms with van der Waals surface area (Å²) >= 11 is 0. The minimum Gasteiger partial charge on any atom is -0.497 e. The van der Waals surface area contributed by atoms with E-state index in [9.17, 15) is 4.79 Å². The Hall–Kier alpha value is -1.77. The number of hydrogen-bond acceptors (Lipinski definition) is 2. The molecule has 0 aliphatic carbocycles. The van der Waals surface area contributed by atoms with E-state index in [4.69, 9.17) is 4.74 Å². The van der Waals surface area contributed by atoms with Gasteiger partial charge in [-0.1, -0.05) is 25.1 Å². The Balaban J connectivity index is 3.01. The monoisotopic (exact) mass is 247 g/mol. The molecule has 18 heavy (non-hydrogen) atoms. The molecule has 0 aliphatic heterocycles. The van der Waals surface area contributed by atoms with E-state index >= 15 is 0 Å². The molecule has 98 valence electrons. The first kappa shape index (κ1) is 14.3. The van der Waals surface area contributed by atoms with Crippen molar-refractivity contribution in [1.82, 2.24) is 4.90 Å². The first-order valence-corrected chi connectivity index (χ1v) is 5.99. The molecule has 2 atom stereocenters. The number of carbonyl (C=O) groups excluding carboxylic acids is 1. The topological polar surface area (TPSA) is 29.5 Å². The molecule has 0 radical (unpaired) electrons. The predicted octanol–water partition coefficient (Wildman–Crippen LogP) is 2.69. The highest BCUT2D eigenvalue weighted by atomic mass is 16.5. The van der Waals surface area contributed by atoms with E-state index in [0.29, 0.717) is 0 Å². The van der Waals surface area contributed by atoms with E-state index in [0.717, 1.165) is 11.3 Å². The normalized spacial score (nSPS) is 13.6. The van der Waals surface area contributed by atoms with Crippen molar-refractivity contribution in [2.45, 2.75) is 12.8 Å². The summed E-state index contributed by atoms with van der Waals surface area (Å²) < 4.78 is 5.21. The van der Waals surface area contributed by atoms with E-state index in [1.165, 1.54) is 0 Å². The molecule has 0 saturated heterocycles. The van der Waals surface area contributed by atoms with E-state index in [-0.39, 0.29) is 17.7 Å². The minimum absolute atomic E-state index is 0.00463. The summed E-state index contributed by atoms with van der Waals surface area (Å²) in [6.45, 7) is 5.77. The van der Waals surface area contributed by atoms with E-state index in [1.807, 2.05) is 37.3 Å². The number of rotatable bonds is 5. The first-order chi connectivity index (χ1) is 8.51. The van der Waals surface area contributed by atoms with Crippen LogP contribution in [0.4, 0.5) is 0 Å². The second-order valence-corrected chi connectivity index (χ2v) is 4.56. The summed E-state index contributed by atoms with van der Waals surface area (Å²) in [5.41, 5.74) is 1.05. The maximum Gasteiger partial charge on any atom is 0.225 e. The van der Waals surface area contributed by atoms with Gasteiger partial charge in [0, 0.05) is 25.9 Å². The summed E-state index contributed by atoms with van der Waals surface area (Å²) in [4.78, 5) is 13.6. The van der Waals surface area contributed by atoms with Crippen molar-refractivity contribution in [2.24, 2.45) is 5.92 Å². The highest BCUT2D eigenvalue weighted by molar-refractivity contribution is 5.79. The second kappa shape index (κ2) is 6.24. The summed E-state index contributed by atoms with van der Waals surface area (Å²) in [5.74, 6) is 0.756. The van der Waals surface area contributed by atoms with Crippen LogP contribution in [0.25, 0.3) is 0 Å². The quantitative estimate of drug-likeness (QED) is 0.749. The standard InChI is InChI=1S/C15H21NO2/c1-6-14(11(2)15(17)16(3)4)12-8-7-9-13(10-12)18-5/h6-11,14H,1H2,2-5H3/t11-,14-/m1/s1. The smallest absolute Gasteiger partial charge is 0.225 e. The number of nitrogens with zero attached hydrogens (tertiary/aromatic N) is 1. The molecule has 0 bridgehead atoms. The SMILES string of the molecule is C=C[C@@H](c1cccc(OC)c1)[C@@H](C)C(=O)N(C)C. The van der Waals surface area contributed by atoms with Crippen LogP contribution in [-0.4, -0.2) is 32.0 Å². The number of benzene rings is 1. The van der Waals surface area contributed by atoms with Gasteiger partial charge in [0.25, 0.3) is 0 Å². The summed E-state index contributed by atoms with van der Waals surface area (Å²) in [7, 11) is 5.17. The van der Waals surface area contributed by atoms with Gasteiger partial charge in [0.1, 0.15) is 5.75 Å². The van der Waals surface area contributed by atoms with Crippen LogP contribution in [0.3, 0.4) is 0 Å². The molecular formula is C15H21NO2. The van der Waals surface area contributed by atoms with Crippen molar-refractivity contribution < 1.29 is 9.53 Å². The van der Waals surface area contributed by atoms with Crippen LogP contribution in [0.15, 0.2) is 36.9 Å². The highest BCUT2D eigenvalue weighted by Gasteiger charge is 2.24. The van der Waals surface area contributed by atoms with Gasteiger partial charge >= 0.3 is 0 Å². The average Bonchev–Trinajstić information content (AvgIpc) is 2.38. The number of methoxy groups -OCH3 is 1. The van der Waals surface area contributed by atoms with Crippen molar-refractivity contribution in [1.29, 1.82) is 0 Å². The lowest BCUT2D eigenvalue weighted by molar-refractivity contribution is -0.132. The molecule has 1 aromatic carbocycles. The molecule has 0 saturated carbocycles. The van der Waals surface area contributed by atoms with Crippen molar-refractivity contribution in [3.8, 4) is 5.75 Å². The first-order valence-electron chi connectivity index (χ1n) is 5.99. The maximum absolute atomic E-state index is 12.0. The van der Waals surface area contributed by atoms with Gasteiger partial charge in [0.05, 0.1) is 7.11 Å². The zero-order valence-electron chi connectivity index (χ0n) is 11.5. The van der Waals surface area contributed by atoms with E-state index < -0.39 is 0 Å². The van der Waals surface area contributed by atoms with Crippen LogP contribution >= 0.6 is 0 Å². The number of hydrogen-bond donors (Lipinski definition) is 0. The predicted molar refractivity (Wildman–Crippen MR) is 73.8 cm³/mol. The molecule has 1 amide bonds. The van der Waals surface area contributed by atoms with Gasteiger partial charge < -0.3 is 9.64 Å². The third kappa shape index (κ3) is 3.13. The Bertz CT molecular complexity index is 426. The van der Waals surface area contributed by atoms with Gasteiger partial charge in [0.15, 0.2) is 0 Å². The molecule has 1 aromatic rings. The van der Waals surface area contributed by atoms with Crippen LogP contribution in [0.5, 0.6) is 5.75 Å². The highest BCUT2D eigenvalue weighted by Crippen LogP contribution is 2.29.